The van der Waals surface area contributed by atoms with Gasteiger partial charge in [-0.2, -0.15) is 5.26 Å². The summed E-state index contributed by atoms with van der Waals surface area (Å²) in [6, 6.07) is 5.60. The first-order valence-corrected chi connectivity index (χ1v) is 7.00. The third-order valence-corrected chi connectivity index (χ3v) is 4.23. The van der Waals surface area contributed by atoms with Crippen LogP contribution >= 0.6 is 11.6 Å². The highest BCUT2D eigenvalue weighted by Gasteiger charge is 2.52. The Bertz CT molecular complexity index is 635. The van der Waals surface area contributed by atoms with E-state index >= 15 is 0 Å². The topological polar surface area (TPSA) is 83.6 Å². The summed E-state index contributed by atoms with van der Waals surface area (Å²) in [7, 11) is 0. The predicted octanol–water partition coefficient (Wildman–Crippen LogP) is 0.671. The molecular weight excluding hydrogens is 292 g/mol. The first kappa shape index (κ1) is 14.1. The molecule has 3 heterocycles. The van der Waals surface area contributed by atoms with Crippen molar-refractivity contribution in [2.75, 3.05) is 13.1 Å². The van der Waals surface area contributed by atoms with Gasteiger partial charge in [-0.25, -0.2) is 4.98 Å². The molecular formula is C14H15ClN4O2. The molecule has 0 radical (unpaired) electrons. The fourth-order valence-electron chi connectivity index (χ4n) is 2.89. The maximum atomic E-state index is 10.4. The smallest absolute Gasteiger partial charge is 0.167 e. The Labute approximate surface area is 127 Å². The third-order valence-electron chi connectivity index (χ3n) is 4.01. The Morgan fingerprint density at radius 3 is 2.90 bits per heavy atom. The summed E-state index contributed by atoms with van der Waals surface area (Å²) in [5, 5.41) is 30.2. The molecule has 0 spiro atoms. The Balaban J connectivity index is 1.90. The van der Waals surface area contributed by atoms with Crippen molar-refractivity contribution in [2.24, 2.45) is 0 Å². The van der Waals surface area contributed by atoms with Gasteiger partial charge >= 0.3 is 0 Å². The highest BCUT2D eigenvalue weighted by Crippen LogP contribution is 2.40. The van der Waals surface area contributed by atoms with Gasteiger partial charge in [0, 0.05) is 25.8 Å². The van der Waals surface area contributed by atoms with Crippen molar-refractivity contribution in [1.29, 1.82) is 5.26 Å². The van der Waals surface area contributed by atoms with Gasteiger partial charge in [0.2, 0.25) is 0 Å². The molecule has 0 aromatic carbocycles. The zero-order valence-electron chi connectivity index (χ0n) is 11.5. The van der Waals surface area contributed by atoms with E-state index < -0.39 is 11.8 Å². The van der Waals surface area contributed by atoms with E-state index in [-0.39, 0.29) is 5.57 Å². The largest absolute Gasteiger partial charge is 0.382 e. The van der Waals surface area contributed by atoms with Gasteiger partial charge in [-0.05, 0) is 18.6 Å². The average molecular weight is 307 g/mol. The van der Waals surface area contributed by atoms with Crippen LogP contribution in [0.5, 0.6) is 0 Å². The summed E-state index contributed by atoms with van der Waals surface area (Å²) in [4.78, 5) is 7.68. The number of aliphatic hydroxyl groups excluding tert-OH is 1. The summed E-state index contributed by atoms with van der Waals surface area (Å²) < 4.78 is 0. The third kappa shape index (κ3) is 2.14. The van der Waals surface area contributed by atoms with E-state index in [4.69, 9.17) is 11.6 Å². The zero-order valence-corrected chi connectivity index (χ0v) is 12.2. The molecule has 0 saturated carbocycles. The maximum Gasteiger partial charge on any atom is 0.167 e. The Morgan fingerprint density at radius 2 is 2.29 bits per heavy atom. The fourth-order valence-corrected chi connectivity index (χ4v) is 3.00. The summed E-state index contributed by atoms with van der Waals surface area (Å²) in [5.74, 6) is 0.602. The molecule has 2 N–H and O–H groups in total. The lowest BCUT2D eigenvalue weighted by Gasteiger charge is -2.32. The number of hydrogen-bond donors (Lipinski definition) is 2. The highest BCUT2D eigenvalue weighted by molar-refractivity contribution is 6.29. The minimum Gasteiger partial charge on any atom is -0.382 e. The first-order valence-electron chi connectivity index (χ1n) is 6.63. The van der Waals surface area contributed by atoms with Crippen molar-refractivity contribution in [3.63, 3.8) is 0 Å². The Hall–Kier alpha value is -1.81. The molecule has 7 heteroatoms. The van der Waals surface area contributed by atoms with Crippen LogP contribution in [0.25, 0.3) is 0 Å². The van der Waals surface area contributed by atoms with Gasteiger partial charge in [-0.15, -0.1) is 0 Å². The molecule has 6 nitrogen and oxygen atoms in total. The summed E-state index contributed by atoms with van der Waals surface area (Å²) in [6.07, 6.45) is 0.491. The van der Waals surface area contributed by atoms with E-state index in [1.54, 1.807) is 17.2 Å². The van der Waals surface area contributed by atoms with Crippen molar-refractivity contribution in [2.45, 2.75) is 25.3 Å². The number of aromatic nitrogens is 1. The highest BCUT2D eigenvalue weighted by atomic mass is 35.5. The number of halogens is 1. The number of rotatable bonds is 2. The van der Waals surface area contributed by atoms with E-state index in [0.29, 0.717) is 30.6 Å². The number of aliphatic hydroxyl groups is 2. The lowest BCUT2D eigenvalue weighted by Crippen LogP contribution is -2.48. The quantitative estimate of drug-likeness (QED) is 0.782. The van der Waals surface area contributed by atoms with E-state index in [1.807, 2.05) is 17.0 Å². The van der Waals surface area contributed by atoms with E-state index in [9.17, 15) is 15.5 Å². The second-order valence-corrected chi connectivity index (χ2v) is 5.80. The number of hydrogen-bond acceptors (Lipinski definition) is 6. The van der Waals surface area contributed by atoms with Crippen LogP contribution in [-0.2, 0) is 6.54 Å². The number of pyridine rings is 1. The second-order valence-electron chi connectivity index (χ2n) is 5.41. The lowest BCUT2D eigenvalue weighted by atomic mass is 10.1. The number of fused-ring (bicyclic) bond motifs is 1. The van der Waals surface area contributed by atoms with Crippen molar-refractivity contribution in [3.8, 4) is 6.07 Å². The molecule has 2 unspecified atom stereocenters. The van der Waals surface area contributed by atoms with Crippen LogP contribution in [0.3, 0.4) is 0 Å². The maximum absolute atomic E-state index is 10.4. The van der Waals surface area contributed by atoms with Crippen LogP contribution in [0.4, 0.5) is 0 Å². The van der Waals surface area contributed by atoms with Crippen LogP contribution < -0.4 is 0 Å². The normalized spacial score (nSPS) is 28.0. The van der Waals surface area contributed by atoms with Gasteiger partial charge < -0.3 is 20.0 Å². The Morgan fingerprint density at radius 1 is 1.52 bits per heavy atom. The van der Waals surface area contributed by atoms with Crippen molar-refractivity contribution in [1.82, 2.24) is 14.8 Å². The Kier molecular flexibility index (Phi) is 3.29. The van der Waals surface area contributed by atoms with Crippen LogP contribution in [0.1, 0.15) is 12.5 Å². The minimum absolute atomic E-state index is 0.208. The summed E-state index contributed by atoms with van der Waals surface area (Å²) in [6.45, 7) is 3.30. The van der Waals surface area contributed by atoms with Gasteiger partial charge in [-0.1, -0.05) is 17.7 Å². The molecule has 110 valence electrons. The monoisotopic (exact) mass is 306 g/mol. The van der Waals surface area contributed by atoms with E-state index in [2.05, 4.69) is 4.98 Å². The van der Waals surface area contributed by atoms with E-state index in [1.165, 1.54) is 6.92 Å². The first-order chi connectivity index (χ1) is 9.95. The van der Waals surface area contributed by atoms with Crippen molar-refractivity contribution >= 4 is 11.6 Å². The van der Waals surface area contributed by atoms with Gasteiger partial charge in [-0.3, -0.25) is 0 Å². The molecule has 2 aliphatic heterocycles. The summed E-state index contributed by atoms with van der Waals surface area (Å²) >= 11 is 5.77. The molecule has 1 saturated heterocycles. The zero-order chi connectivity index (χ0) is 15.2. The second kappa shape index (κ2) is 4.88. The SMILES string of the molecule is CC1(O)C(O)C(C#N)=C2N(Cc3ccc(Cl)nc3)CCN21. The van der Waals surface area contributed by atoms with Gasteiger partial charge in [0.15, 0.2) is 5.72 Å². The molecule has 21 heavy (non-hydrogen) atoms. The molecule has 0 bridgehead atoms. The number of nitrogens with zero attached hydrogens (tertiary/aromatic N) is 4. The van der Waals surface area contributed by atoms with Crippen molar-refractivity contribution < 1.29 is 10.2 Å². The molecule has 0 aliphatic carbocycles. The van der Waals surface area contributed by atoms with Gasteiger partial charge in [0.05, 0.1) is 0 Å². The standard InChI is InChI=1S/C14H15ClN4O2/c1-14(21)12(20)10(6-16)13-18(4-5-19(13)14)8-9-2-3-11(15)17-7-9/h2-3,7,12,20-21H,4-5,8H2,1H3. The molecule has 2 aliphatic rings. The molecule has 1 aromatic heterocycles. The number of nitriles is 1. The molecule has 3 rings (SSSR count). The lowest BCUT2D eigenvalue weighted by molar-refractivity contribution is -0.117. The molecule has 1 aromatic rings. The van der Waals surface area contributed by atoms with Crippen molar-refractivity contribution in [3.05, 3.63) is 40.4 Å². The van der Waals surface area contributed by atoms with Crippen LogP contribution in [-0.4, -0.2) is 49.9 Å². The summed E-state index contributed by atoms with van der Waals surface area (Å²) in [5.41, 5.74) is -0.278. The van der Waals surface area contributed by atoms with Gasteiger partial charge in [0.25, 0.3) is 0 Å². The molecule has 1 fully saturated rings. The minimum atomic E-state index is -1.44. The molecule has 2 atom stereocenters. The fraction of sp³-hybridized carbons (Fsp3) is 0.429. The van der Waals surface area contributed by atoms with Crippen LogP contribution in [0.2, 0.25) is 5.15 Å². The molecule has 0 amide bonds. The predicted molar refractivity (Wildman–Crippen MR) is 75.6 cm³/mol. The average Bonchev–Trinajstić information content (AvgIpc) is 2.94. The van der Waals surface area contributed by atoms with Crippen LogP contribution in [0, 0.1) is 11.3 Å². The van der Waals surface area contributed by atoms with Gasteiger partial charge in [0.1, 0.15) is 28.7 Å². The van der Waals surface area contributed by atoms with E-state index in [0.717, 1.165) is 5.56 Å². The van der Waals surface area contributed by atoms with Crippen LogP contribution in [0.15, 0.2) is 29.7 Å².